The highest BCUT2D eigenvalue weighted by atomic mass is 16.3. The van der Waals surface area contributed by atoms with Gasteiger partial charge in [-0.05, 0) is 36.7 Å². The van der Waals surface area contributed by atoms with Crippen molar-refractivity contribution in [1.29, 1.82) is 5.26 Å². The maximum atomic E-state index is 9.44. The third kappa shape index (κ3) is 4.20. The number of anilines is 2. The zero-order chi connectivity index (χ0) is 19.4. The molecule has 1 aliphatic rings. The van der Waals surface area contributed by atoms with E-state index in [1.54, 1.807) is 6.20 Å². The highest BCUT2D eigenvalue weighted by Crippen LogP contribution is 2.47. The van der Waals surface area contributed by atoms with Gasteiger partial charge in [0.2, 0.25) is 5.95 Å². The number of hydrogen-bond acceptors (Lipinski definition) is 6. The molecule has 0 unspecified atom stereocenters. The van der Waals surface area contributed by atoms with Crippen molar-refractivity contribution in [2.75, 3.05) is 23.8 Å². The SMILES string of the molecule is Cc1cccc(CCNc2ncc(C#N)c(N[C@@H]3C[C@H](CO)C3(C)C)n2)c1. The van der Waals surface area contributed by atoms with Crippen LogP contribution in [0.3, 0.4) is 0 Å². The smallest absolute Gasteiger partial charge is 0.224 e. The predicted molar refractivity (Wildman–Crippen MR) is 107 cm³/mol. The lowest BCUT2D eigenvalue weighted by Crippen LogP contribution is -2.54. The number of aromatic nitrogens is 2. The molecular weight excluding hydrogens is 338 g/mol. The lowest BCUT2D eigenvalue weighted by Gasteiger charge is -2.52. The molecule has 2 atom stereocenters. The van der Waals surface area contributed by atoms with E-state index in [0.717, 1.165) is 19.4 Å². The number of rotatable bonds is 7. The molecule has 1 aromatic carbocycles. The lowest BCUT2D eigenvalue weighted by atomic mass is 9.59. The van der Waals surface area contributed by atoms with Gasteiger partial charge < -0.3 is 15.7 Å². The summed E-state index contributed by atoms with van der Waals surface area (Å²) in [4.78, 5) is 8.76. The molecule has 0 spiro atoms. The summed E-state index contributed by atoms with van der Waals surface area (Å²) in [5.41, 5.74) is 2.91. The Labute approximate surface area is 160 Å². The zero-order valence-corrected chi connectivity index (χ0v) is 16.2. The van der Waals surface area contributed by atoms with E-state index in [4.69, 9.17) is 0 Å². The summed E-state index contributed by atoms with van der Waals surface area (Å²) in [5.74, 6) is 1.34. The second-order valence-electron chi connectivity index (χ2n) is 7.87. The van der Waals surface area contributed by atoms with Crippen LogP contribution in [0.15, 0.2) is 30.5 Å². The van der Waals surface area contributed by atoms with Gasteiger partial charge in [0.25, 0.3) is 0 Å². The molecule has 6 heteroatoms. The monoisotopic (exact) mass is 365 g/mol. The van der Waals surface area contributed by atoms with Gasteiger partial charge in [-0.1, -0.05) is 43.7 Å². The Morgan fingerprint density at radius 3 is 2.85 bits per heavy atom. The van der Waals surface area contributed by atoms with E-state index >= 15 is 0 Å². The minimum atomic E-state index is -0.0365. The van der Waals surface area contributed by atoms with Crippen molar-refractivity contribution in [2.24, 2.45) is 11.3 Å². The van der Waals surface area contributed by atoms with Crippen LogP contribution in [0.4, 0.5) is 11.8 Å². The minimum Gasteiger partial charge on any atom is -0.396 e. The standard InChI is InChI=1S/C21H27N5O/c1-14-5-4-6-15(9-14)7-8-23-20-24-12-16(11-22)19(26-20)25-18-10-17(13-27)21(18,2)3/h4-6,9,12,17-18,27H,7-8,10,13H2,1-3H3,(H2,23,24,25,26)/t17-,18-/m1/s1. The molecule has 0 radical (unpaired) electrons. The van der Waals surface area contributed by atoms with Crippen LogP contribution in [0.2, 0.25) is 0 Å². The molecule has 0 saturated heterocycles. The average Bonchev–Trinajstić information content (AvgIpc) is 2.65. The summed E-state index contributed by atoms with van der Waals surface area (Å²) in [6.45, 7) is 7.25. The molecular formula is C21H27N5O. The number of aliphatic hydroxyl groups excluding tert-OH is 1. The largest absolute Gasteiger partial charge is 0.396 e. The van der Waals surface area contributed by atoms with Crippen molar-refractivity contribution >= 4 is 11.8 Å². The van der Waals surface area contributed by atoms with E-state index in [9.17, 15) is 10.4 Å². The molecule has 1 saturated carbocycles. The summed E-state index contributed by atoms with van der Waals surface area (Å²) in [6, 6.07) is 10.8. The van der Waals surface area contributed by atoms with Crippen LogP contribution < -0.4 is 10.6 Å². The predicted octanol–water partition coefficient (Wildman–Crippen LogP) is 3.13. The minimum absolute atomic E-state index is 0.0365. The third-order valence-corrected chi connectivity index (χ3v) is 5.69. The molecule has 1 heterocycles. The van der Waals surface area contributed by atoms with Crippen LogP contribution in [0.1, 0.15) is 37.0 Å². The number of nitrogens with zero attached hydrogens (tertiary/aromatic N) is 3. The van der Waals surface area contributed by atoms with E-state index in [1.807, 2.05) is 0 Å². The average molecular weight is 365 g/mol. The fourth-order valence-electron chi connectivity index (χ4n) is 3.58. The highest BCUT2D eigenvalue weighted by molar-refractivity contribution is 5.54. The number of nitriles is 1. The van der Waals surface area contributed by atoms with Gasteiger partial charge in [0.1, 0.15) is 17.5 Å². The first-order chi connectivity index (χ1) is 12.9. The van der Waals surface area contributed by atoms with Crippen molar-refractivity contribution in [3.05, 3.63) is 47.2 Å². The maximum absolute atomic E-state index is 9.44. The molecule has 6 nitrogen and oxygen atoms in total. The number of nitrogens with one attached hydrogen (secondary N) is 2. The molecule has 0 aliphatic heterocycles. The maximum Gasteiger partial charge on any atom is 0.224 e. The summed E-state index contributed by atoms with van der Waals surface area (Å²) in [5, 5.41) is 25.4. The second-order valence-corrected chi connectivity index (χ2v) is 7.87. The Bertz CT molecular complexity index is 843. The fraction of sp³-hybridized carbons (Fsp3) is 0.476. The first-order valence-corrected chi connectivity index (χ1v) is 9.38. The van der Waals surface area contributed by atoms with E-state index in [2.05, 4.69) is 71.7 Å². The molecule has 3 N–H and O–H groups in total. The molecule has 142 valence electrons. The van der Waals surface area contributed by atoms with Crippen molar-refractivity contribution in [2.45, 2.75) is 39.7 Å². The molecule has 3 rings (SSSR count). The van der Waals surface area contributed by atoms with Gasteiger partial charge in [0, 0.05) is 19.2 Å². The van der Waals surface area contributed by atoms with Gasteiger partial charge in [0.05, 0.1) is 6.20 Å². The van der Waals surface area contributed by atoms with E-state index in [0.29, 0.717) is 17.3 Å². The van der Waals surface area contributed by atoms with E-state index in [-0.39, 0.29) is 24.0 Å². The Kier molecular flexibility index (Phi) is 5.62. The van der Waals surface area contributed by atoms with E-state index in [1.165, 1.54) is 11.1 Å². The van der Waals surface area contributed by atoms with Crippen molar-refractivity contribution in [1.82, 2.24) is 9.97 Å². The summed E-state index contributed by atoms with van der Waals surface area (Å²) in [7, 11) is 0. The van der Waals surface area contributed by atoms with Crippen LogP contribution in [-0.4, -0.2) is 34.3 Å². The second kappa shape index (κ2) is 7.93. The molecule has 0 bridgehead atoms. The van der Waals surface area contributed by atoms with Crippen molar-refractivity contribution < 1.29 is 5.11 Å². The van der Waals surface area contributed by atoms with Gasteiger partial charge in [-0.25, -0.2) is 4.98 Å². The topological polar surface area (TPSA) is 93.9 Å². The van der Waals surface area contributed by atoms with Crippen LogP contribution in [0.5, 0.6) is 0 Å². The number of benzene rings is 1. The van der Waals surface area contributed by atoms with Crippen LogP contribution >= 0.6 is 0 Å². The number of aliphatic hydroxyl groups is 1. The summed E-state index contributed by atoms with van der Waals surface area (Å²) < 4.78 is 0. The Hall–Kier alpha value is -2.65. The first kappa shape index (κ1) is 19.1. The highest BCUT2D eigenvalue weighted by Gasteiger charge is 2.47. The van der Waals surface area contributed by atoms with Gasteiger partial charge in [0.15, 0.2) is 0 Å². The third-order valence-electron chi connectivity index (χ3n) is 5.69. The normalized spacial score (nSPS) is 20.4. The quantitative estimate of drug-likeness (QED) is 0.698. The molecule has 0 amide bonds. The van der Waals surface area contributed by atoms with Gasteiger partial charge in [-0.15, -0.1) is 0 Å². The first-order valence-electron chi connectivity index (χ1n) is 9.38. The number of hydrogen-bond donors (Lipinski definition) is 3. The van der Waals surface area contributed by atoms with Crippen molar-refractivity contribution in [3.8, 4) is 6.07 Å². The molecule has 1 fully saturated rings. The van der Waals surface area contributed by atoms with E-state index < -0.39 is 0 Å². The Morgan fingerprint density at radius 1 is 1.37 bits per heavy atom. The van der Waals surface area contributed by atoms with Crippen LogP contribution in [-0.2, 0) is 6.42 Å². The molecule has 2 aromatic rings. The summed E-state index contributed by atoms with van der Waals surface area (Å²) in [6.07, 6.45) is 3.30. The molecule has 1 aliphatic carbocycles. The fourth-order valence-corrected chi connectivity index (χ4v) is 3.58. The Morgan fingerprint density at radius 2 is 2.19 bits per heavy atom. The van der Waals surface area contributed by atoms with Crippen LogP contribution in [0.25, 0.3) is 0 Å². The lowest BCUT2D eigenvalue weighted by molar-refractivity contribution is 0.00449. The molecule has 27 heavy (non-hydrogen) atoms. The van der Waals surface area contributed by atoms with Gasteiger partial charge in [-0.2, -0.15) is 10.2 Å². The number of aryl methyl sites for hydroxylation is 1. The summed E-state index contributed by atoms with van der Waals surface area (Å²) >= 11 is 0. The van der Waals surface area contributed by atoms with Gasteiger partial charge in [-0.3, -0.25) is 0 Å². The van der Waals surface area contributed by atoms with Crippen molar-refractivity contribution in [3.63, 3.8) is 0 Å². The van der Waals surface area contributed by atoms with Gasteiger partial charge >= 0.3 is 0 Å². The molecule has 1 aromatic heterocycles. The Balaban J connectivity index is 1.64. The van der Waals surface area contributed by atoms with Crippen LogP contribution in [0, 0.1) is 29.6 Å². The zero-order valence-electron chi connectivity index (χ0n) is 16.2.